The fourth-order valence-corrected chi connectivity index (χ4v) is 20.9. The number of carbonyl (C=O) groups excluding carboxylic acids is 3. The van der Waals surface area contributed by atoms with E-state index in [4.69, 9.17) is 23.7 Å². The van der Waals surface area contributed by atoms with E-state index in [2.05, 4.69) is 59.4 Å². The highest BCUT2D eigenvalue weighted by Crippen LogP contribution is 2.46. The second kappa shape index (κ2) is 42.1. The minimum absolute atomic E-state index is 0.00324. The van der Waals surface area contributed by atoms with Crippen LogP contribution in [0.15, 0.2) is 213 Å². The van der Waals surface area contributed by atoms with Crippen molar-refractivity contribution in [3.8, 4) is 57.5 Å². The Hall–Kier alpha value is -11.6. The Kier molecular flexibility index (Phi) is 29.6. The Morgan fingerprint density at radius 1 is 0.289 bits per heavy atom. The van der Waals surface area contributed by atoms with Gasteiger partial charge in [-0.1, -0.05) is 36.4 Å². The van der Waals surface area contributed by atoms with Crippen molar-refractivity contribution < 1.29 is 73.8 Å². The maximum absolute atomic E-state index is 12.4. The highest BCUT2D eigenvalue weighted by Gasteiger charge is 2.47. The van der Waals surface area contributed by atoms with Crippen molar-refractivity contribution >= 4 is 17.3 Å². The largest absolute Gasteiger partial charge is 0.508 e. The molecule has 3 aromatic carbocycles. The number of aliphatic hydroxyl groups is 2. The molecule has 7 N–H and O–H groups in total. The predicted octanol–water partition coefficient (Wildman–Crippen LogP) is 13.2. The topological polar surface area (TPSA) is 345 Å². The molecular weight excluding hydrogens is 1620 g/mol. The molecule has 12 heterocycles. The molecule has 0 amide bonds. The molecule has 10 fully saturated rings. The average Bonchev–Trinajstić information content (AvgIpc) is 1.68. The zero-order valence-electron chi connectivity index (χ0n) is 73.0. The van der Waals surface area contributed by atoms with Gasteiger partial charge in [0.15, 0.2) is 17.3 Å². The quantitative estimate of drug-likeness (QED) is 0.0261. The second-order valence-corrected chi connectivity index (χ2v) is 36.7. The first-order valence-corrected chi connectivity index (χ1v) is 45.2. The van der Waals surface area contributed by atoms with E-state index in [0.717, 1.165) is 175 Å². The molecule has 10 aliphatic rings. The number of fused-ring (bicyclic) bond motifs is 5. The zero-order chi connectivity index (χ0) is 88.7. The third kappa shape index (κ3) is 24.6. The summed E-state index contributed by atoms with van der Waals surface area (Å²) in [4.78, 5) is 77.5. The van der Waals surface area contributed by atoms with Gasteiger partial charge in [0.2, 0.25) is 0 Å². The van der Waals surface area contributed by atoms with E-state index in [0.29, 0.717) is 126 Å². The predicted molar refractivity (Wildman–Crippen MR) is 480 cm³/mol. The lowest BCUT2D eigenvalue weighted by molar-refractivity contribution is 0.0923. The van der Waals surface area contributed by atoms with Crippen LogP contribution in [-0.4, -0.2) is 241 Å². The van der Waals surface area contributed by atoms with Crippen molar-refractivity contribution in [2.45, 2.75) is 128 Å². The molecule has 0 bridgehead atoms. The van der Waals surface area contributed by atoms with Crippen LogP contribution in [0.4, 0.5) is 0 Å². The minimum Gasteiger partial charge on any atom is -0.508 e. The molecule has 17 atom stereocenters. The van der Waals surface area contributed by atoms with E-state index in [1.165, 1.54) is 36.9 Å². The number of aromatic hydroxyl groups is 5. The standard InChI is InChI=1S/C21H24N2O3.C20H25N3O3.C20H23N3O3.C20H24N2O3.C20H22N2O3/c1-14-2-7-19(10-22-14)26-20-8-16-11-23(12-17(16)9-20)13-21(25)15-3-5-18(24)6-4-15;2*1-13-2-4-17(9-21-13)26-18-6-14-10-23(11-15(14)7-18)12-20(25)19-5-3-16(24)8-22-19;2*23-16-6-7-19(21-10-16)20(24)13-22-11-14-8-18(9-15(14)12-22)25-17-4-2-1-3-5-17/h2-7,10,16-17,20,24H,8-9,11-13H2,1H3;2-5,8-9,14-15,18,20,24-25H,6-7,10-12H2,1H3;2-5,8-9,14-15,18,24H,6-7,10-12H2,1H3;1-7,10,14-15,18,20,23-24H,8-9,11-13H2;1-7,10,14-15,18,23H,8-9,11-13H2/t16-,17+,20?;14-,15+,18?,20?;14-,15+,18?;14-,15+,18?,20?;14-,15+,18?. The molecule has 20 rings (SSSR count). The van der Waals surface area contributed by atoms with Gasteiger partial charge in [0.1, 0.15) is 81.1 Å². The Morgan fingerprint density at radius 3 is 0.820 bits per heavy atom. The number of ether oxygens (including phenoxy) is 5. The number of likely N-dealkylation sites (tertiary alicyclic amines) is 5. The number of hydrogen-bond donors (Lipinski definition) is 7. The number of Topliss-reactive ketones (excluding diaryl/α,β-unsaturated/α-hetero) is 3. The molecule has 10 aromatic rings. The summed E-state index contributed by atoms with van der Waals surface area (Å²) in [6.07, 6.45) is 21.4. The summed E-state index contributed by atoms with van der Waals surface area (Å²) < 4.78 is 30.5. The Labute approximate surface area is 747 Å². The SMILES string of the molecule is Cc1ccc(OC2C[C@@H]3CN(CC(=O)c4ccc(O)cc4)C[C@@H]3C2)cn1.Cc1ccc(OC2C[C@@H]3CN(CC(=O)c4ccc(O)cn4)C[C@@H]3C2)cn1.Cc1ccc(OC2C[C@@H]3CN(CC(O)c4ccc(O)cn4)C[C@@H]3C2)cn1.O=C(CN1C[C@H]2CC(Oc3ccccc3)C[C@H]2C1)c1ccc(O)cn1.Oc1ccc(C(O)CN2C[C@H]3CC(Oc4ccccc4)C[C@H]3C2)nc1. The minimum atomic E-state index is -0.625. The summed E-state index contributed by atoms with van der Waals surface area (Å²) in [6.45, 7) is 18.0. The van der Waals surface area contributed by atoms with E-state index >= 15 is 0 Å². The van der Waals surface area contributed by atoms with Crippen LogP contribution in [0, 0.1) is 80.0 Å². The van der Waals surface area contributed by atoms with E-state index in [1.807, 2.05) is 118 Å². The molecule has 672 valence electrons. The van der Waals surface area contributed by atoms with Crippen LogP contribution in [0.3, 0.4) is 0 Å². The number of β-amino-alcohol motifs (C(OH)–C–C–N with tert-alkyl or cyclic N) is 2. The Balaban J connectivity index is 0.000000117. The third-order valence-electron chi connectivity index (χ3n) is 27.0. The number of para-hydroxylation sites is 2. The van der Waals surface area contributed by atoms with Crippen LogP contribution >= 0.6 is 0 Å². The molecule has 0 spiro atoms. The fourth-order valence-electron chi connectivity index (χ4n) is 20.9. The molecule has 5 saturated heterocycles. The molecule has 0 radical (unpaired) electrons. The molecule has 128 heavy (non-hydrogen) atoms. The third-order valence-corrected chi connectivity index (χ3v) is 27.0. The van der Waals surface area contributed by atoms with Crippen LogP contribution in [-0.2, 0) is 0 Å². The number of aromatic nitrogens is 7. The Morgan fingerprint density at radius 2 is 0.555 bits per heavy atom. The van der Waals surface area contributed by atoms with E-state index in [-0.39, 0.29) is 70.5 Å². The van der Waals surface area contributed by atoms with Crippen molar-refractivity contribution in [3.05, 3.63) is 259 Å². The molecular formula is C101H118N12O15. The molecule has 27 heteroatoms. The average molecular weight is 1740 g/mol. The van der Waals surface area contributed by atoms with Gasteiger partial charge in [0, 0.05) is 101 Å². The van der Waals surface area contributed by atoms with E-state index < -0.39 is 12.2 Å². The number of hydrogen-bond acceptors (Lipinski definition) is 27. The van der Waals surface area contributed by atoms with Gasteiger partial charge in [0.25, 0.3) is 0 Å². The molecule has 27 nitrogen and oxygen atoms in total. The van der Waals surface area contributed by atoms with E-state index in [9.17, 15) is 50.1 Å². The Bertz CT molecular complexity index is 5010. The number of aryl methyl sites for hydroxylation is 3. The van der Waals surface area contributed by atoms with Crippen LogP contribution in [0.2, 0.25) is 0 Å². The fraction of sp³-hybridized carbons (Fsp3) is 0.446. The number of aliphatic hydroxyl groups excluding tert-OH is 2. The number of rotatable bonds is 25. The number of carbonyl (C=O) groups is 3. The lowest BCUT2D eigenvalue weighted by atomic mass is 10.0. The van der Waals surface area contributed by atoms with Gasteiger partial charge < -0.3 is 59.4 Å². The first-order chi connectivity index (χ1) is 62.0. The highest BCUT2D eigenvalue weighted by atomic mass is 16.5. The van der Waals surface area contributed by atoms with Crippen LogP contribution in [0.1, 0.15) is 136 Å². The van der Waals surface area contributed by atoms with E-state index in [1.54, 1.807) is 79.3 Å². The maximum Gasteiger partial charge on any atom is 0.195 e. The summed E-state index contributed by atoms with van der Waals surface area (Å²) in [7, 11) is 0. The smallest absolute Gasteiger partial charge is 0.195 e. The van der Waals surface area contributed by atoms with Gasteiger partial charge in [-0.15, -0.1) is 0 Å². The van der Waals surface area contributed by atoms with Crippen molar-refractivity contribution in [1.29, 1.82) is 0 Å². The zero-order valence-corrected chi connectivity index (χ0v) is 73.0. The number of phenols is 1. The number of ketones is 3. The summed E-state index contributed by atoms with van der Waals surface area (Å²) >= 11 is 0. The van der Waals surface area contributed by atoms with Crippen LogP contribution < -0.4 is 23.7 Å². The van der Waals surface area contributed by atoms with Crippen molar-refractivity contribution in [2.24, 2.45) is 59.2 Å². The van der Waals surface area contributed by atoms with Gasteiger partial charge >= 0.3 is 0 Å². The summed E-state index contributed by atoms with van der Waals surface area (Å²) in [5.41, 5.74) is 5.69. The van der Waals surface area contributed by atoms with Gasteiger partial charge in [0.05, 0.1) is 105 Å². The molecule has 7 unspecified atom stereocenters. The lowest BCUT2D eigenvalue weighted by Gasteiger charge is -2.22. The first kappa shape index (κ1) is 89.8. The molecule has 5 aliphatic carbocycles. The monoisotopic (exact) mass is 1740 g/mol. The van der Waals surface area contributed by atoms with Crippen LogP contribution in [0.25, 0.3) is 0 Å². The molecule has 7 aromatic heterocycles. The normalized spacial score (nSPS) is 26.0. The second-order valence-electron chi connectivity index (χ2n) is 36.7. The first-order valence-electron chi connectivity index (χ1n) is 45.2. The summed E-state index contributed by atoms with van der Waals surface area (Å²) in [5.74, 6) is 11.3. The number of pyridine rings is 7. The molecule has 5 saturated carbocycles. The molecule has 5 aliphatic heterocycles. The van der Waals surface area contributed by atoms with Gasteiger partial charge in [-0.05, 0) is 278 Å². The lowest BCUT2D eigenvalue weighted by Crippen LogP contribution is -2.30. The van der Waals surface area contributed by atoms with Gasteiger partial charge in [-0.3, -0.25) is 63.8 Å². The maximum atomic E-state index is 12.4. The van der Waals surface area contributed by atoms with Gasteiger partial charge in [-0.25, -0.2) is 9.97 Å². The number of phenolic OH excluding ortho intramolecular Hbond substituents is 1. The summed E-state index contributed by atoms with van der Waals surface area (Å²) in [6, 6.07) is 51.1. The number of nitrogens with zero attached hydrogens (tertiary/aromatic N) is 12. The van der Waals surface area contributed by atoms with Gasteiger partial charge in [-0.2, -0.15) is 0 Å². The number of benzene rings is 3. The van der Waals surface area contributed by atoms with Crippen molar-refractivity contribution in [3.63, 3.8) is 0 Å². The van der Waals surface area contributed by atoms with Crippen LogP contribution in [0.5, 0.6) is 57.5 Å². The van der Waals surface area contributed by atoms with Crippen molar-refractivity contribution in [1.82, 2.24) is 59.4 Å². The summed E-state index contributed by atoms with van der Waals surface area (Å²) in [5, 5.41) is 67.2. The highest BCUT2D eigenvalue weighted by molar-refractivity contribution is 5.98. The van der Waals surface area contributed by atoms with Crippen molar-refractivity contribution in [2.75, 3.05) is 98.2 Å².